The molecular formula is C20H20AcFN4O4-. The Morgan fingerprint density at radius 3 is 2.70 bits per heavy atom. The van der Waals surface area contributed by atoms with Crippen LogP contribution in [0.2, 0.25) is 0 Å². The Balaban J connectivity index is 0.00000320. The number of hydrogen-bond donors (Lipinski definition) is 2. The number of aliphatic hydroxyl groups is 1. The zero-order chi connectivity index (χ0) is 20.8. The van der Waals surface area contributed by atoms with E-state index < -0.39 is 24.1 Å². The minimum Gasteiger partial charge on any atom is -0.674 e. The summed E-state index contributed by atoms with van der Waals surface area (Å²) in [7, 11) is 0. The summed E-state index contributed by atoms with van der Waals surface area (Å²) in [5, 5.41) is 21.8. The molecule has 0 saturated carbocycles. The first-order chi connectivity index (χ1) is 14.0. The van der Waals surface area contributed by atoms with Crippen molar-refractivity contribution >= 4 is 17.5 Å². The number of nitriles is 1. The molecule has 0 spiro atoms. The molecule has 2 atom stereocenters. The fourth-order valence-corrected chi connectivity index (χ4v) is 2.76. The third-order valence-corrected chi connectivity index (χ3v) is 4.32. The van der Waals surface area contributed by atoms with Gasteiger partial charge in [-0.05, 0) is 36.4 Å². The Kier molecular flexibility index (Phi) is 9.32. The van der Waals surface area contributed by atoms with Gasteiger partial charge in [-0.3, -0.25) is 4.90 Å². The van der Waals surface area contributed by atoms with E-state index in [1.54, 1.807) is 24.3 Å². The van der Waals surface area contributed by atoms with Crippen molar-refractivity contribution in [3.63, 3.8) is 0 Å². The van der Waals surface area contributed by atoms with Crippen LogP contribution < -0.4 is 15.0 Å². The van der Waals surface area contributed by atoms with E-state index in [9.17, 15) is 14.3 Å². The van der Waals surface area contributed by atoms with E-state index in [4.69, 9.17) is 20.5 Å². The van der Waals surface area contributed by atoms with Gasteiger partial charge in [0.25, 0.3) is 0 Å². The molecule has 1 fully saturated rings. The van der Waals surface area contributed by atoms with Gasteiger partial charge in [-0.15, -0.1) is 6.54 Å². The van der Waals surface area contributed by atoms with Crippen LogP contribution in [0.5, 0.6) is 5.75 Å². The van der Waals surface area contributed by atoms with Gasteiger partial charge in [0.05, 0.1) is 23.9 Å². The van der Waals surface area contributed by atoms with Gasteiger partial charge < -0.3 is 25.6 Å². The van der Waals surface area contributed by atoms with E-state index >= 15 is 0 Å². The number of rotatable bonds is 8. The summed E-state index contributed by atoms with van der Waals surface area (Å²) in [5.74, 6) is -0.715. The molecule has 8 nitrogen and oxygen atoms in total. The summed E-state index contributed by atoms with van der Waals surface area (Å²) in [6, 6.07) is 12.8. The van der Waals surface area contributed by atoms with E-state index in [-0.39, 0.29) is 76.1 Å². The van der Waals surface area contributed by atoms with E-state index in [1.165, 1.54) is 17.0 Å². The molecule has 0 aliphatic carbocycles. The summed E-state index contributed by atoms with van der Waals surface area (Å²) < 4.78 is 24.6. The third kappa shape index (κ3) is 6.29. The number of benzene rings is 2. The molecule has 1 amide bonds. The van der Waals surface area contributed by atoms with Crippen LogP contribution in [-0.4, -0.2) is 49.6 Å². The number of hydrogen-bond acceptors (Lipinski definition) is 6. The predicted octanol–water partition coefficient (Wildman–Crippen LogP) is 2.93. The van der Waals surface area contributed by atoms with Crippen molar-refractivity contribution in [1.29, 1.82) is 5.26 Å². The molecule has 1 radical (unpaired) electrons. The molecule has 3 rings (SSSR count). The van der Waals surface area contributed by atoms with Gasteiger partial charge in [-0.2, -0.15) is 5.26 Å². The van der Waals surface area contributed by atoms with Crippen molar-refractivity contribution in [2.24, 2.45) is 0 Å². The van der Waals surface area contributed by atoms with Gasteiger partial charge in [0.15, 0.2) is 11.6 Å². The molecule has 1 aliphatic heterocycles. The molecule has 10 heteroatoms. The largest absolute Gasteiger partial charge is 0.674 e. The molecule has 1 aliphatic rings. The van der Waals surface area contributed by atoms with Gasteiger partial charge in [-0.1, -0.05) is 0 Å². The minimum absolute atomic E-state index is 0. The number of nitrogens with one attached hydrogen (secondary N) is 2. The smallest absolute Gasteiger partial charge is 0.414 e. The Labute approximate surface area is 209 Å². The fraction of sp³-hybridized carbons (Fsp3) is 0.300. The van der Waals surface area contributed by atoms with Crippen LogP contribution in [0, 0.1) is 61.2 Å². The summed E-state index contributed by atoms with van der Waals surface area (Å²) in [4.78, 5) is 13.1. The molecule has 1 saturated heterocycles. The van der Waals surface area contributed by atoms with E-state index in [0.717, 1.165) is 11.8 Å². The normalized spacial score (nSPS) is 16.3. The number of amides is 1. The maximum Gasteiger partial charge on any atom is 0.414 e. The summed E-state index contributed by atoms with van der Waals surface area (Å²) in [5.41, 5.74) is 8.88. The van der Waals surface area contributed by atoms with Crippen LogP contribution in [0.25, 0.3) is 5.73 Å². The molecule has 3 N–H and O–H groups in total. The average Bonchev–Trinajstić information content (AvgIpc) is 3.12. The minimum atomic E-state index is -0.893. The van der Waals surface area contributed by atoms with E-state index in [0.29, 0.717) is 11.3 Å². The molecule has 0 bridgehead atoms. The van der Waals surface area contributed by atoms with Crippen molar-refractivity contribution in [3.05, 3.63) is 59.6 Å². The Morgan fingerprint density at radius 1 is 1.37 bits per heavy atom. The molecular weight excluding hydrogens is 606 g/mol. The fourth-order valence-electron chi connectivity index (χ4n) is 2.76. The maximum absolute atomic E-state index is 14.3. The quantitative estimate of drug-likeness (QED) is 0.466. The van der Waals surface area contributed by atoms with Gasteiger partial charge in [0, 0.05) is 62.4 Å². The number of carbonyl (C=O) groups is 1. The molecule has 1 unspecified atom stereocenters. The summed E-state index contributed by atoms with van der Waals surface area (Å²) >= 11 is 0. The van der Waals surface area contributed by atoms with Gasteiger partial charge in [0.1, 0.15) is 18.8 Å². The number of anilines is 2. The zero-order valence-corrected chi connectivity index (χ0v) is 20.8. The maximum atomic E-state index is 14.3. The van der Waals surface area contributed by atoms with Crippen LogP contribution >= 0.6 is 0 Å². The molecule has 155 valence electrons. The predicted molar refractivity (Wildman–Crippen MR) is 104 cm³/mol. The number of ether oxygens (including phenoxy) is 2. The van der Waals surface area contributed by atoms with Crippen molar-refractivity contribution in [1.82, 2.24) is 0 Å². The van der Waals surface area contributed by atoms with Crippen molar-refractivity contribution in [2.45, 2.75) is 12.2 Å². The third-order valence-electron chi connectivity index (χ3n) is 4.32. The second-order valence-electron chi connectivity index (χ2n) is 6.47. The van der Waals surface area contributed by atoms with Crippen molar-refractivity contribution in [3.8, 4) is 11.8 Å². The second-order valence-corrected chi connectivity index (χ2v) is 6.47. The molecule has 0 aromatic heterocycles. The zero-order valence-electron chi connectivity index (χ0n) is 16.0. The molecule has 1 heterocycles. The molecule has 2 aromatic carbocycles. The number of carbonyl (C=O) groups excluding carboxylic acids is 1. The van der Waals surface area contributed by atoms with E-state index in [1.807, 2.05) is 6.07 Å². The summed E-state index contributed by atoms with van der Waals surface area (Å²) in [6.07, 6.45) is -2.03. The monoisotopic (exact) mass is 626 g/mol. The van der Waals surface area contributed by atoms with Crippen LogP contribution in [0.3, 0.4) is 0 Å². The van der Waals surface area contributed by atoms with Gasteiger partial charge in [0.2, 0.25) is 0 Å². The second kappa shape index (κ2) is 11.5. The van der Waals surface area contributed by atoms with Crippen molar-refractivity contribution < 1.29 is 67.8 Å². The molecule has 30 heavy (non-hydrogen) atoms. The Morgan fingerprint density at radius 2 is 2.10 bits per heavy atom. The van der Waals surface area contributed by atoms with Crippen LogP contribution in [0.1, 0.15) is 5.56 Å². The van der Waals surface area contributed by atoms with Crippen LogP contribution in [-0.2, 0) is 4.74 Å². The Bertz CT molecular complexity index is 907. The first-order valence-corrected chi connectivity index (χ1v) is 8.97. The average molecular weight is 626 g/mol. The summed E-state index contributed by atoms with van der Waals surface area (Å²) in [6.45, 7) is 0.188. The number of nitrogens with zero attached hydrogens (tertiary/aromatic N) is 2. The van der Waals surface area contributed by atoms with Crippen LogP contribution in [0.4, 0.5) is 20.6 Å². The number of cyclic esters (lactones) is 1. The van der Waals surface area contributed by atoms with E-state index in [2.05, 4.69) is 5.32 Å². The first kappa shape index (κ1) is 24.4. The molecule has 2 aromatic rings. The Hall–Kier alpha value is -1.91. The number of aliphatic hydroxyl groups excluding tert-OH is 1. The van der Waals surface area contributed by atoms with Gasteiger partial charge in [-0.25, -0.2) is 9.18 Å². The standard InChI is InChI=1S/C20H20FN4O4.Ac/c21-18-7-15(25-11-17(9-23)29-20(25)27)5-6-19(18)28-12-16(26)10-24-14-3-1-13(8-22)2-4-14;/h1-7,16-17,23-24,26H,9-12H2;/q-1;/t16?,17-;/m0./s1. The topological polar surface area (TPSA) is 119 Å². The SMILES string of the molecule is N#Cc1ccc(NCC(O)COc2ccc(N3C[C@H](C[NH-])OC3=O)cc2F)cc1.[Ac]. The number of halogens is 1. The van der Waals surface area contributed by atoms with Gasteiger partial charge >= 0.3 is 6.09 Å². The first-order valence-electron chi connectivity index (χ1n) is 8.97. The van der Waals surface area contributed by atoms with Crippen molar-refractivity contribution in [2.75, 3.05) is 36.5 Å². The van der Waals surface area contributed by atoms with Crippen LogP contribution in [0.15, 0.2) is 42.5 Å².